The van der Waals surface area contributed by atoms with Gasteiger partial charge < -0.3 is 10.1 Å². The van der Waals surface area contributed by atoms with Gasteiger partial charge in [0.15, 0.2) is 0 Å². The molecule has 0 aliphatic carbocycles. The van der Waals surface area contributed by atoms with Crippen molar-refractivity contribution in [1.29, 1.82) is 0 Å². The number of ether oxygens (including phenoxy) is 1. The summed E-state index contributed by atoms with van der Waals surface area (Å²) in [6, 6.07) is 12.2. The van der Waals surface area contributed by atoms with Gasteiger partial charge in [0.25, 0.3) is 0 Å². The number of nitrogens with one attached hydrogen (secondary N) is 1. The molecule has 108 valence electrons. The lowest BCUT2D eigenvalue weighted by atomic mass is 10.2. The van der Waals surface area contributed by atoms with Gasteiger partial charge in [-0.1, -0.05) is 55.5 Å². The zero-order valence-electron chi connectivity index (χ0n) is 12.3. The van der Waals surface area contributed by atoms with Crippen LogP contribution in [0, 0.1) is 0 Å². The molecule has 0 radical (unpaired) electrons. The highest BCUT2D eigenvalue weighted by molar-refractivity contribution is 6.77. The van der Waals surface area contributed by atoms with Crippen molar-refractivity contribution in [2.75, 3.05) is 0 Å². The van der Waals surface area contributed by atoms with Gasteiger partial charge in [0.05, 0.1) is 8.07 Å². The van der Waals surface area contributed by atoms with E-state index in [1.807, 2.05) is 36.4 Å². The lowest BCUT2D eigenvalue weighted by molar-refractivity contribution is 0.126. The van der Waals surface area contributed by atoms with Crippen molar-refractivity contribution in [3.05, 3.63) is 48.0 Å². The minimum atomic E-state index is -1.23. The third-order valence-electron chi connectivity index (χ3n) is 3.63. The van der Waals surface area contributed by atoms with Gasteiger partial charge >= 0.3 is 6.09 Å². The first-order valence-corrected chi connectivity index (χ1v) is 10.6. The Bertz CT molecular complexity index is 471. The van der Waals surface area contributed by atoms with Crippen LogP contribution in [0.4, 0.5) is 4.79 Å². The van der Waals surface area contributed by atoms with E-state index in [-0.39, 0.29) is 12.2 Å². The van der Waals surface area contributed by atoms with Gasteiger partial charge in [-0.25, -0.2) is 4.79 Å². The second-order valence-corrected chi connectivity index (χ2v) is 11.4. The first-order chi connectivity index (χ1) is 9.55. The number of benzene rings is 1. The van der Waals surface area contributed by atoms with Crippen LogP contribution in [0.3, 0.4) is 0 Å². The van der Waals surface area contributed by atoms with E-state index in [2.05, 4.69) is 24.5 Å². The summed E-state index contributed by atoms with van der Waals surface area (Å²) in [4.78, 5) is 11.9. The first kappa shape index (κ1) is 14.8. The molecule has 4 heteroatoms. The number of hydrogen-bond donors (Lipinski definition) is 1. The molecule has 0 bridgehead atoms. The van der Waals surface area contributed by atoms with Crippen molar-refractivity contribution in [3.63, 3.8) is 0 Å². The molecule has 0 aromatic heterocycles. The fourth-order valence-electron chi connectivity index (χ4n) is 2.47. The molecule has 20 heavy (non-hydrogen) atoms. The van der Waals surface area contributed by atoms with Crippen molar-refractivity contribution < 1.29 is 9.53 Å². The molecule has 0 fully saturated rings. The number of allylic oxidation sites excluding steroid dienone is 1. The van der Waals surface area contributed by atoms with Crippen molar-refractivity contribution in [3.8, 4) is 0 Å². The van der Waals surface area contributed by atoms with Gasteiger partial charge in [0, 0.05) is 6.54 Å². The van der Waals surface area contributed by atoms with E-state index in [9.17, 15) is 4.79 Å². The number of carbonyl (C=O) groups is 1. The van der Waals surface area contributed by atoms with Gasteiger partial charge in [-0.15, -0.1) is 0 Å². The van der Waals surface area contributed by atoms with Gasteiger partial charge in [-0.2, -0.15) is 0 Å². The fourth-order valence-corrected chi connectivity index (χ4v) is 4.93. The van der Waals surface area contributed by atoms with Crippen LogP contribution in [0.1, 0.15) is 12.0 Å². The van der Waals surface area contributed by atoms with E-state index in [1.54, 1.807) is 0 Å². The Kier molecular flexibility index (Phi) is 5.01. The van der Waals surface area contributed by atoms with Crippen LogP contribution >= 0.6 is 0 Å². The number of rotatable bonds is 3. The van der Waals surface area contributed by atoms with Crippen molar-refractivity contribution in [2.45, 2.75) is 44.3 Å². The maximum Gasteiger partial charge on any atom is 0.407 e. The minimum absolute atomic E-state index is 0.0602. The highest BCUT2D eigenvalue weighted by Gasteiger charge is 2.27. The quantitative estimate of drug-likeness (QED) is 0.676. The average molecular weight is 289 g/mol. The van der Waals surface area contributed by atoms with Crippen LogP contribution < -0.4 is 5.32 Å². The van der Waals surface area contributed by atoms with E-state index < -0.39 is 8.07 Å². The largest absolute Gasteiger partial charge is 0.442 e. The molecule has 1 atom stereocenters. The van der Waals surface area contributed by atoms with E-state index in [1.165, 1.54) is 6.04 Å². The molecular formula is C16H23NO2Si. The Morgan fingerprint density at radius 1 is 1.35 bits per heavy atom. The van der Waals surface area contributed by atoms with Crippen LogP contribution in [-0.4, -0.2) is 20.3 Å². The maximum absolute atomic E-state index is 11.9. The number of amides is 1. The lowest BCUT2D eigenvalue weighted by Crippen LogP contribution is -2.33. The molecule has 1 heterocycles. The van der Waals surface area contributed by atoms with Crippen LogP contribution in [0.15, 0.2) is 42.5 Å². The SMILES string of the molecule is C[Si]1(C)CCC=CC(OC(=O)NCc2ccccc2)C1. The summed E-state index contributed by atoms with van der Waals surface area (Å²) in [6.07, 6.45) is 4.93. The predicted molar refractivity (Wildman–Crippen MR) is 84.4 cm³/mol. The summed E-state index contributed by atoms with van der Waals surface area (Å²) in [5, 5.41) is 2.81. The molecule has 1 aromatic carbocycles. The Morgan fingerprint density at radius 3 is 2.85 bits per heavy atom. The van der Waals surface area contributed by atoms with Crippen molar-refractivity contribution in [1.82, 2.24) is 5.32 Å². The van der Waals surface area contributed by atoms with E-state index in [0.29, 0.717) is 6.54 Å². The van der Waals surface area contributed by atoms with Crippen molar-refractivity contribution >= 4 is 14.2 Å². The minimum Gasteiger partial charge on any atom is -0.442 e. The van der Waals surface area contributed by atoms with Gasteiger partial charge in [0.1, 0.15) is 6.10 Å². The topological polar surface area (TPSA) is 38.3 Å². The molecule has 1 N–H and O–H groups in total. The smallest absolute Gasteiger partial charge is 0.407 e. The normalized spacial score (nSPS) is 21.0. The monoisotopic (exact) mass is 289 g/mol. The predicted octanol–water partition coefficient (Wildman–Crippen LogP) is 3.95. The number of carbonyl (C=O) groups excluding carboxylic acids is 1. The van der Waals surface area contributed by atoms with Gasteiger partial charge in [0.2, 0.25) is 0 Å². The van der Waals surface area contributed by atoms with E-state index in [0.717, 1.165) is 18.0 Å². The number of hydrogen-bond acceptors (Lipinski definition) is 2. The second-order valence-electron chi connectivity index (χ2n) is 6.12. The third-order valence-corrected chi connectivity index (χ3v) is 6.78. The second kappa shape index (κ2) is 6.75. The van der Waals surface area contributed by atoms with Crippen LogP contribution in [0.2, 0.25) is 25.2 Å². The zero-order chi connectivity index (χ0) is 14.4. The molecule has 0 spiro atoms. The summed E-state index contributed by atoms with van der Waals surface area (Å²) in [6.45, 7) is 5.23. The highest BCUT2D eigenvalue weighted by Crippen LogP contribution is 2.25. The zero-order valence-corrected chi connectivity index (χ0v) is 13.3. The third kappa shape index (κ3) is 4.85. The Morgan fingerprint density at radius 2 is 2.10 bits per heavy atom. The highest BCUT2D eigenvalue weighted by atomic mass is 28.3. The summed E-state index contributed by atoms with van der Waals surface area (Å²) < 4.78 is 5.53. The summed E-state index contributed by atoms with van der Waals surface area (Å²) in [5.41, 5.74) is 1.08. The van der Waals surface area contributed by atoms with Crippen molar-refractivity contribution in [2.24, 2.45) is 0 Å². The standard InChI is InChI=1S/C16H23NO2Si/c1-20(2)11-7-6-10-15(13-20)19-16(18)17-12-14-8-4-3-5-9-14/h3-6,8-10,15H,7,11-13H2,1-2H3,(H,17,18). The molecular weight excluding hydrogens is 266 g/mol. The molecule has 3 nitrogen and oxygen atoms in total. The molecule has 1 aliphatic rings. The molecule has 0 saturated heterocycles. The summed E-state index contributed by atoms with van der Waals surface area (Å²) in [5.74, 6) is 0. The van der Waals surface area contributed by atoms with Crippen LogP contribution in [-0.2, 0) is 11.3 Å². The van der Waals surface area contributed by atoms with Gasteiger partial charge in [-0.05, 0) is 24.1 Å². The van der Waals surface area contributed by atoms with Crippen LogP contribution in [0.25, 0.3) is 0 Å². The molecule has 1 aliphatic heterocycles. The Labute approximate surface area is 122 Å². The lowest BCUT2D eigenvalue weighted by Gasteiger charge is -2.24. The first-order valence-electron chi connectivity index (χ1n) is 7.20. The summed E-state index contributed by atoms with van der Waals surface area (Å²) in [7, 11) is -1.23. The maximum atomic E-state index is 11.9. The van der Waals surface area contributed by atoms with Gasteiger partial charge in [-0.3, -0.25) is 0 Å². The molecule has 1 unspecified atom stereocenters. The van der Waals surface area contributed by atoms with E-state index in [4.69, 9.17) is 4.74 Å². The average Bonchev–Trinajstić information content (AvgIpc) is 2.58. The summed E-state index contributed by atoms with van der Waals surface area (Å²) >= 11 is 0. The molecule has 1 amide bonds. The molecule has 2 rings (SSSR count). The number of alkyl carbamates (subject to hydrolysis) is 1. The molecule has 1 aromatic rings. The Balaban J connectivity index is 1.82. The van der Waals surface area contributed by atoms with Crippen LogP contribution in [0.5, 0.6) is 0 Å². The Hall–Kier alpha value is -1.55. The fraction of sp³-hybridized carbons (Fsp3) is 0.438. The molecule has 0 saturated carbocycles. The van der Waals surface area contributed by atoms with E-state index >= 15 is 0 Å².